The number of nitrogens with two attached hydrogens (primary N) is 1. The largest absolute Gasteiger partial charge is 0.468 e. The van der Waals surface area contributed by atoms with Gasteiger partial charge < -0.3 is 15.2 Å². The fraction of sp³-hybridized carbons (Fsp3) is 0.167. The van der Waals surface area contributed by atoms with Crippen LogP contribution in [0.25, 0.3) is 5.69 Å². The van der Waals surface area contributed by atoms with Crippen LogP contribution >= 0.6 is 0 Å². The van der Waals surface area contributed by atoms with Gasteiger partial charge in [0.05, 0.1) is 19.9 Å². The Morgan fingerprint density at radius 2 is 1.95 bits per heavy atom. The van der Waals surface area contributed by atoms with Crippen LogP contribution in [0.4, 0.5) is 10.2 Å². The lowest BCUT2D eigenvalue weighted by Crippen LogP contribution is -2.12. The lowest BCUT2D eigenvalue weighted by atomic mass is 10.3. The Morgan fingerprint density at radius 1 is 1.32 bits per heavy atom. The molecular weight excluding hydrogens is 253 g/mol. The zero-order valence-electron chi connectivity index (χ0n) is 10.4. The maximum Gasteiger partial charge on any atom is 0.359 e. The summed E-state index contributed by atoms with van der Waals surface area (Å²) < 4.78 is 24.0. The predicted octanol–water partition coefficient (Wildman–Crippen LogP) is 1.39. The molecule has 0 spiro atoms. The summed E-state index contributed by atoms with van der Waals surface area (Å²) in [6.45, 7) is 0. The number of imidazole rings is 1. The number of hydrogen-bond acceptors (Lipinski definition) is 5. The van der Waals surface area contributed by atoms with Crippen LogP contribution in [0.1, 0.15) is 10.5 Å². The van der Waals surface area contributed by atoms with Gasteiger partial charge >= 0.3 is 12.0 Å². The van der Waals surface area contributed by atoms with E-state index in [-0.39, 0.29) is 17.5 Å². The maximum atomic E-state index is 12.9. The van der Waals surface area contributed by atoms with Crippen LogP contribution in [0, 0.1) is 5.82 Å². The molecule has 2 rings (SSSR count). The molecule has 2 N–H and O–H groups in total. The number of ether oxygens (including phenoxy) is 2. The summed E-state index contributed by atoms with van der Waals surface area (Å²) in [6, 6.07) is 5.58. The molecule has 6 nitrogen and oxygen atoms in total. The summed E-state index contributed by atoms with van der Waals surface area (Å²) in [4.78, 5) is 15.7. The third-order valence-corrected chi connectivity index (χ3v) is 2.52. The Labute approximate surface area is 108 Å². The molecule has 0 unspecified atom stereocenters. The Hall–Kier alpha value is -2.57. The minimum atomic E-state index is -0.655. The average Bonchev–Trinajstić information content (AvgIpc) is 2.75. The van der Waals surface area contributed by atoms with Crippen LogP contribution in [-0.4, -0.2) is 29.7 Å². The van der Waals surface area contributed by atoms with E-state index in [1.807, 2.05) is 0 Å². The molecule has 0 aliphatic carbocycles. The van der Waals surface area contributed by atoms with Gasteiger partial charge in [0.1, 0.15) is 5.82 Å². The van der Waals surface area contributed by atoms with Crippen molar-refractivity contribution in [1.82, 2.24) is 9.55 Å². The van der Waals surface area contributed by atoms with Crippen LogP contribution in [0.2, 0.25) is 0 Å². The van der Waals surface area contributed by atoms with Gasteiger partial charge in [-0.2, -0.15) is 4.98 Å². The number of carbonyl (C=O) groups is 1. The van der Waals surface area contributed by atoms with Crippen molar-refractivity contribution >= 4 is 11.8 Å². The molecule has 1 aromatic heterocycles. The Balaban J connectivity index is 2.66. The molecule has 1 heterocycles. The fourth-order valence-corrected chi connectivity index (χ4v) is 1.68. The van der Waals surface area contributed by atoms with Crippen LogP contribution < -0.4 is 10.5 Å². The number of benzene rings is 1. The van der Waals surface area contributed by atoms with E-state index in [1.165, 1.54) is 43.1 Å². The lowest BCUT2D eigenvalue weighted by Gasteiger charge is -2.09. The quantitative estimate of drug-likeness (QED) is 0.848. The van der Waals surface area contributed by atoms with Gasteiger partial charge in [-0.15, -0.1) is 0 Å². The van der Waals surface area contributed by atoms with E-state index < -0.39 is 11.8 Å². The molecular formula is C12H12FN3O3. The van der Waals surface area contributed by atoms with E-state index >= 15 is 0 Å². The number of methoxy groups -OCH3 is 2. The normalized spacial score (nSPS) is 10.3. The number of aromatic nitrogens is 2. The zero-order valence-corrected chi connectivity index (χ0v) is 10.4. The third-order valence-electron chi connectivity index (χ3n) is 2.52. The molecule has 0 saturated carbocycles. The summed E-state index contributed by atoms with van der Waals surface area (Å²) in [6.07, 6.45) is 0. The number of halogens is 1. The van der Waals surface area contributed by atoms with Crippen LogP contribution in [-0.2, 0) is 4.74 Å². The van der Waals surface area contributed by atoms with E-state index in [0.29, 0.717) is 5.69 Å². The van der Waals surface area contributed by atoms with Crippen molar-refractivity contribution in [2.24, 2.45) is 0 Å². The Kier molecular flexibility index (Phi) is 3.37. The third kappa shape index (κ3) is 2.22. The van der Waals surface area contributed by atoms with Crippen molar-refractivity contribution in [2.45, 2.75) is 0 Å². The number of anilines is 1. The van der Waals surface area contributed by atoms with E-state index in [0.717, 1.165) is 0 Å². The molecule has 2 aromatic rings. The molecule has 7 heteroatoms. The molecule has 0 amide bonds. The summed E-state index contributed by atoms with van der Waals surface area (Å²) in [5, 5.41) is 0. The fourth-order valence-electron chi connectivity index (χ4n) is 1.68. The highest BCUT2D eigenvalue weighted by atomic mass is 19.1. The minimum absolute atomic E-state index is 0.0203. The molecule has 19 heavy (non-hydrogen) atoms. The number of esters is 1. The van der Waals surface area contributed by atoms with Crippen molar-refractivity contribution in [2.75, 3.05) is 20.0 Å². The smallest absolute Gasteiger partial charge is 0.359 e. The zero-order chi connectivity index (χ0) is 14.0. The lowest BCUT2D eigenvalue weighted by molar-refractivity contribution is 0.0592. The summed E-state index contributed by atoms with van der Waals surface area (Å²) in [5.41, 5.74) is 6.20. The van der Waals surface area contributed by atoms with Gasteiger partial charge in [0.25, 0.3) is 0 Å². The van der Waals surface area contributed by atoms with E-state index in [4.69, 9.17) is 10.5 Å². The van der Waals surface area contributed by atoms with E-state index in [9.17, 15) is 9.18 Å². The predicted molar refractivity (Wildman–Crippen MR) is 65.8 cm³/mol. The van der Waals surface area contributed by atoms with Crippen molar-refractivity contribution in [1.29, 1.82) is 0 Å². The molecule has 0 atom stereocenters. The second-order valence-corrected chi connectivity index (χ2v) is 3.64. The Morgan fingerprint density at radius 3 is 2.47 bits per heavy atom. The standard InChI is InChI=1S/C12H12FN3O3/c1-18-11(17)9-10(14)15-12(19-2)16(9)8-5-3-7(13)4-6-8/h3-6H,14H2,1-2H3. The highest BCUT2D eigenvalue weighted by Crippen LogP contribution is 2.25. The molecule has 0 radical (unpaired) electrons. The SMILES string of the molecule is COC(=O)c1c(N)nc(OC)n1-c1ccc(F)cc1. The van der Waals surface area contributed by atoms with Gasteiger partial charge in [0, 0.05) is 0 Å². The minimum Gasteiger partial charge on any atom is -0.468 e. The number of carbonyl (C=O) groups excluding carboxylic acids is 1. The van der Waals surface area contributed by atoms with Gasteiger partial charge in [-0.1, -0.05) is 0 Å². The van der Waals surface area contributed by atoms with Gasteiger partial charge in [-0.25, -0.2) is 9.18 Å². The maximum absolute atomic E-state index is 12.9. The first-order chi connectivity index (χ1) is 9.08. The second kappa shape index (κ2) is 4.97. The van der Waals surface area contributed by atoms with Crippen LogP contribution in [0.5, 0.6) is 6.01 Å². The molecule has 100 valence electrons. The number of hydrogen-bond donors (Lipinski definition) is 1. The van der Waals surface area contributed by atoms with Gasteiger partial charge in [-0.3, -0.25) is 4.57 Å². The van der Waals surface area contributed by atoms with Crippen molar-refractivity contribution in [3.63, 3.8) is 0 Å². The average molecular weight is 265 g/mol. The van der Waals surface area contributed by atoms with Crippen LogP contribution in [0.15, 0.2) is 24.3 Å². The number of rotatable bonds is 3. The van der Waals surface area contributed by atoms with Crippen molar-refractivity contribution < 1.29 is 18.7 Å². The van der Waals surface area contributed by atoms with E-state index in [2.05, 4.69) is 9.72 Å². The number of nitrogen functional groups attached to an aromatic ring is 1. The van der Waals surface area contributed by atoms with Crippen molar-refractivity contribution in [3.05, 3.63) is 35.8 Å². The summed E-state index contributed by atoms with van der Waals surface area (Å²) in [5.74, 6) is -1.07. The monoisotopic (exact) mass is 265 g/mol. The first-order valence-electron chi connectivity index (χ1n) is 5.35. The highest BCUT2D eigenvalue weighted by Gasteiger charge is 2.23. The molecule has 0 aliphatic rings. The van der Waals surface area contributed by atoms with E-state index in [1.54, 1.807) is 0 Å². The molecule has 0 saturated heterocycles. The topological polar surface area (TPSA) is 79.4 Å². The van der Waals surface area contributed by atoms with Gasteiger partial charge in [0.2, 0.25) is 0 Å². The highest BCUT2D eigenvalue weighted by molar-refractivity contribution is 5.93. The molecule has 0 aliphatic heterocycles. The molecule has 0 bridgehead atoms. The van der Waals surface area contributed by atoms with Crippen LogP contribution in [0.3, 0.4) is 0 Å². The first-order valence-corrected chi connectivity index (χ1v) is 5.35. The molecule has 0 fully saturated rings. The van der Waals surface area contributed by atoms with Gasteiger partial charge in [-0.05, 0) is 24.3 Å². The van der Waals surface area contributed by atoms with Crippen molar-refractivity contribution in [3.8, 4) is 11.7 Å². The Bertz CT molecular complexity index is 607. The number of nitrogens with zero attached hydrogens (tertiary/aromatic N) is 2. The van der Waals surface area contributed by atoms with Gasteiger partial charge in [0.15, 0.2) is 11.5 Å². The molecule has 1 aromatic carbocycles. The summed E-state index contributed by atoms with van der Waals surface area (Å²) >= 11 is 0. The summed E-state index contributed by atoms with van der Waals surface area (Å²) in [7, 11) is 2.62. The first kappa shape index (κ1) is 12.9. The second-order valence-electron chi connectivity index (χ2n) is 3.64.